The van der Waals surface area contributed by atoms with Crippen LogP contribution >= 0.6 is 15.9 Å². The smallest absolute Gasteiger partial charge is 0.133 e. The third-order valence-corrected chi connectivity index (χ3v) is 3.20. The average molecular weight is 303 g/mol. The van der Waals surface area contributed by atoms with Gasteiger partial charge in [-0.1, -0.05) is 6.07 Å². The maximum absolute atomic E-state index is 9.51. The van der Waals surface area contributed by atoms with Gasteiger partial charge in [0.2, 0.25) is 0 Å². The molecule has 0 radical (unpaired) electrons. The quantitative estimate of drug-likeness (QED) is 0.849. The van der Waals surface area contributed by atoms with Gasteiger partial charge in [-0.05, 0) is 60.3 Å². The molecular weight excluding hydrogens is 284 g/mol. The predicted octanol–water partition coefficient (Wildman–Crippen LogP) is 2.52. The second-order valence-corrected chi connectivity index (χ2v) is 4.90. The van der Waals surface area contributed by atoms with Crippen molar-refractivity contribution in [3.8, 4) is 5.75 Å². The van der Waals surface area contributed by atoms with Crippen molar-refractivity contribution >= 4 is 15.9 Å². The number of ether oxygens (including phenoxy) is 1. The number of benzene rings is 1. The molecule has 0 heterocycles. The molecule has 0 aliphatic heterocycles. The van der Waals surface area contributed by atoms with E-state index < -0.39 is 12.2 Å². The molecule has 2 N–H and O–H groups in total. The van der Waals surface area contributed by atoms with E-state index in [1.165, 1.54) is 0 Å². The maximum atomic E-state index is 9.51. The predicted molar refractivity (Wildman–Crippen MR) is 71.3 cm³/mol. The summed E-state index contributed by atoms with van der Waals surface area (Å²) in [5, 5.41) is 18.7. The van der Waals surface area contributed by atoms with E-state index >= 15 is 0 Å². The number of rotatable bonds is 6. The van der Waals surface area contributed by atoms with Crippen LogP contribution in [0, 0.1) is 0 Å². The highest BCUT2D eigenvalue weighted by molar-refractivity contribution is 9.10. The Kier molecular flexibility index (Phi) is 5.95. The summed E-state index contributed by atoms with van der Waals surface area (Å²) in [5.74, 6) is 0.826. The number of aryl methyl sites for hydroxylation is 1. The van der Waals surface area contributed by atoms with Crippen molar-refractivity contribution < 1.29 is 14.9 Å². The van der Waals surface area contributed by atoms with Crippen LogP contribution in [-0.4, -0.2) is 29.0 Å². The SMILES string of the molecule is CCOc1ccc(CCC(O)C(C)O)cc1Br. The summed E-state index contributed by atoms with van der Waals surface area (Å²) in [7, 11) is 0. The molecular formula is C13H19BrO3. The third kappa shape index (κ3) is 4.66. The van der Waals surface area contributed by atoms with Gasteiger partial charge >= 0.3 is 0 Å². The fraction of sp³-hybridized carbons (Fsp3) is 0.538. The van der Waals surface area contributed by atoms with Crippen molar-refractivity contribution in [2.75, 3.05) is 6.61 Å². The van der Waals surface area contributed by atoms with Gasteiger partial charge in [-0.15, -0.1) is 0 Å². The van der Waals surface area contributed by atoms with Gasteiger partial charge in [0, 0.05) is 0 Å². The Morgan fingerprint density at radius 1 is 1.35 bits per heavy atom. The summed E-state index contributed by atoms with van der Waals surface area (Å²) in [4.78, 5) is 0. The van der Waals surface area contributed by atoms with Gasteiger partial charge in [-0.25, -0.2) is 0 Å². The van der Waals surface area contributed by atoms with E-state index in [2.05, 4.69) is 15.9 Å². The molecule has 2 atom stereocenters. The Morgan fingerprint density at radius 2 is 2.06 bits per heavy atom. The lowest BCUT2D eigenvalue weighted by molar-refractivity contribution is 0.0265. The molecule has 4 heteroatoms. The van der Waals surface area contributed by atoms with Crippen LogP contribution in [0.5, 0.6) is 5.75 Å². The first-order valence-corrected chi connectivity index (χ1v) is 6.61. The first-order valence-electron chi connectivity index (χ1n) is 5.82. The first-order chi connectivity index (χ1) is 8.04. The second-order valence-electron chi connectivity index (χ2n) is 4.04. The highest BCUT2D eigenvalue weighted by Gasteiger charge is 2.11. The number of hydrogen-bond acceptors (Lipinski definition) is 3. The molecule has 0 amide bonds. The lowest BCUT2D eigenvalue weighted by Gasteiger charge is -2.13. The molecule has 0 fully saturated rings. The lowest BCUT2D eigenvalue weighted by Crippen LogP contribution is -2.22. The van der Waals surface area contributed by atoms with Crippen molar-refractivity contribution in [3.63, 3.8) is 0 Å². The van der Waals surface area contributed by atoms with E-state index in [4.69, 9.17) is 4.74 Å². The van der Waals surface area contributed by atoms with E-state index in [1.807, 2.05) is 25.1 Å². The molecule has 0 bridgehead atoms. The summed E-state index contributed by atoms with van der Waals surface area (Å²) in [6.45, 7) is 4.18. The Morgan fingerprint density at radius 3 is 2.59 bits per heavy atom. The van der Waals surface area contributed by atoms with Crippen molar-refractivity contribution in [3.05, 3.63) is 28.2 Å². The Hall–Kier alpha value is -0.580. The van der Waals surface area contributed by atoms with Crippen molar-refractivity contribution in [1.29, 1.82) is 0 Å². The van der Waals surface area contributed by atoms with Crippen molar-refractivity contribution in [2.24, 2.45) is 0 Å². The lowest BCUT2D eigenvalue weighted by atomic mass is 10.0. The number of aliphatic hydroxyl groups is 2. The Bertz CT molecular complexity index is 353. The van der Waals surface area contributed by atoms with E-state index in [-0.39, 0.29) is 0 Å². The maximum Gasteiger partial charge on any atom is 0.133 e. The second kappa shape index (κ2) is 6.99. The van der Waals surface area contributed by atoms with Gasteiger partial charge in [-0.3, -0.25) is 0 Å². The minimum atomic E-state index is -0.680. The van der Waals surface area contributed by atoms with Crippen LogP contribution in [0.15, 0.2) is 22.7 Å². The van der Waals surface area contributed by atoms with Crippen LogP contribution in [0.3, 0.4) is 0 Å². The van der Waals surface area contributed by atoms with Gasteiger partial charge < -0.3 is 14.9 Å². The molecule has 0 aliphatic rings. The summed E-state index contributed by atoms with van der Waals surface area (Å²) in [6.07, 6.45) is -0.0590. The fourth-order valence-corrected chi connectivity index (χ4v) is 2.07. The van der Waals surface area contributed by atoms with Gasteiger partial charge in [-0.2, -0.15) is 0 Å². The van der Waals surface area contributed by atoms with Crippen LogP contribution in [0.4, 0.5) is 0 Å². The third-order valence-electron chi connectivity index (χ3n) is 2.58. The fourth-order valence-electron chi connectivity index (χ4n) is 1.53. The molecule has 96 valence electrons. The minimum absolute atomic E-state index is 0.554. The van der Waals surface area contributed by atoms with Crippen LogP contribution in [0.2, 0.25) is 0 Å². The monoisotopic (exact) mass is 302 g/mol. The minimum Gasteiger partial charge on any atom is -0.493 e. The zero-order valence-corrected chi connectivity index (χ0v) is 11.8. The average Bonchev–Trinajstić information content (AvgIpc) is 2.29. The standard InChI is InChI=1S/C13H19BrO3/c1-3-17-13-7-5-10(8-11(13)14)4-6-12(16)9(2)15/h5,7-9,12,15-16H,3-4,6H2,1-2H3. The molecule has 1 aromatic carbocycles. The van der Waals surface area contributed by atoms with Crippen molar-refractivity contribution in [1.82, 2.24) is 0 Å². The molecule has 0 saturated heterocycles. The summed E-state index contributed by atoms with van der Waals surface area (Å²) in [6, 6.07) is 5.88. The molecule has 0 aliphatic carbocycles. The van der Waals surface area contributed by atoms with Gasteiger partial charge in [0.15, 0.2) is 0 Å². The Balaban J connectivity index is 2.58. The first kappa shape index (κ1) is 14.5. The normalized spacial score (nSPS) is 14.4. The molecule has 2 unspecified atom stereocenters. The Labute approximate surface area is 111 Å². The number of halogens is 1. The van der Waals surface area contributed by atoms with Gasteiger partial charge in [0.1, 0.15) is 5.75 Å². The highest BCUT2D eigenvalue weighted by Crippen LogP contribution is 2.26. The number of aliphatic hydroxyl groups excluding tert-OH is 2. The molecule has 17 heavy (non-hydrogen) atoms. The zero-order chi connectivity index (χ0) is 12.8. The molecule has 0 saturated carbocycles. The molecule has 1 aromatic rings. The zero-order valence-electron chi connectivity index (χ0n) is 10.2. The largest absolute Gasteiger partial charge is 0.493 e. The number of hydrogen-bond donors (Lipinski definition) is 2. The van der Waals surface area contributed by atoms with E-state index in [1.54, 1.807) is 6.92 Å². The van der Waals surface area contributed by atoms with Crippen LogP contribution in [0.25, 0.3) is 0 Å². The molecule has 3 nitrogen and oxygen atoms in total. The van der Waals surface area contributed by atoms with Crippen LogP contribution in [0.1, 0.15) is 25.8 Å². The summed E-state index contributed by atoms with van der Waals surface area (Å²) < 4.78 is 6.34. The molecule has 0 spiro atoms. The molecule has 0 aromatic heterocycles. The van der Waals surface area contributed by atoms with E-state index in [9.17, 15) is 10.2 Å². The van der Waals surface area contributed by atoms with Crippen molar-refractivity contribution in [2.45, 2.75) is 38.9 Å². The summed E-state index contributed by atoms with van der Waals surface area (Å²) >= 11 is 3.45. The van der Waals surface area contributed by atoms with Gasteiger partial charge in [0.05, 0.1) is 23.3 Å². The van der Waals surface area contributed by atoms with E-state index in [0.29, 0.717) is 13.0 Å². The topological polar surface area (TPSA) is 49.7 Å². The highest BCUT2D eigenvalue weighted by atomic mass is 79.9. The van der Waals surface area contributed by atoms with Crippen LogP contribution < -0.4 is 4.74 Å². The van der Waals surface area contributed by atoms with Crippen LogP contribution in [-0.2, 0) is 6.42 Å². The van der Waals surface area contributed by atoms with Gasteiger partial charge in [0.25, 0.3) is 0 Å². The van der Waals surface area contributed by atoms with E-state index in [0.717, 1.165) is 22.2 Å². The summed E-state index contributed by atoms with van der Waals surface area (Å²) in [5.41, 5.74) is 1.11. The molecule has 1 rings (SSSR count).